The van der Waals surface area contributed by atoms with Crippen LogP contribution in [0, 0.1) is 18.3 Å². The number of hydrogen-bond donors (Lipinski definition) is 3. The number of nitrogens with zero attached hydrogens (tertiary/aromatic N) is 7. The maximum absolute atomic E-state index is 9.11. The lowest BCUT2D eigenvalue weighted by Crippen LogP contribution is -2.55. The molecule has 202 valence electrons. The highest BCUT2D eigenvalue weighted by Crippen LogP contribution is 2.36. The molecule has 11 heteroatoms. The summed E-state index contributed by atoms with van der Waals surface area (Å²) >= 11 is 1.77. The SMILES string of the molecule is Cc1cc(Nc2nc(N[C@@H]3C[C@H]4CCC[C@@H](C3)N4CCC#N)nc3sc(CN4CCN(C)CC4)cc23)n[nH]1. The maximum atomic E-state index is 9.11. The molecular weight excluding hydrogens is 496 g/mol. The van der Waals surface area contributed by atoms with Gasteiger partial charge < -0.3 is 15.5 Å². The van der Waals surface area contributed by atoms with Crippen molar-refractivity contribution in [1.29, 1.82) is 5.26 Å². The molecule has 0 aliphatic carbocycles. The highest BCUT2D eigenvalue weighted by atomic mass is 32.1. The molecule has 3 fully saturated rings. The Hall–Kier alpha value is -2.78. The summed E-state index contributed by atoms with van der Waals surface area (Å²) in [6.07, 6.45) is 6.47. The second kappa shape index (κ2) is 11.1. The van der Waals surface area contributed by atoms with Gasteiger partial charge in [0, 0.05) is 80.5 Å². The quantitative estimate of drug-likeness (QED) is 0.396. The van der Waals surface area contributed by atoms with Gasteiger partial charge >= 0.3 is 0 Å². The number of likely N-dealkylation sites (N-methyl/N-ethyl adjacent to an activating group) is 1. The van der Waals surface area contributed by atoms with Crippen LogP contribution in [0.3, 0.4) is 0 Å². The summed E-state index contributed by atoms with van der Waals surface area (Å²) in [7, 11) is 2.19. The summed E-state index contributed by atoms with van der Waals surface area (Å²) in [6, 6.07) is 8.00. The summed E-state index contributed by atoms with van der Waals surface area (Å²) in [5, 5.41) is 24.7. The molecule has 3 atom stereocenters. The van der Waals surface area contributed by atoms with E-state index >= 15 is 0 Å². The lowest BCUT2D eigenvalue weighted by molar-refractivity contribution is 0.0369. The smallest absolute Gasteiger partial charge is 0.226 e. The van der Waals surface area contributed by atoms with Gasteiger partial charge in [-0.2, -0.15) is 15.3 Å². The molecule has 0 radical (unpaired) electrons. The van der Waals surface area contributed by atoms with E-state index in [9.17, 15) is 0 Å². The summed E-state index contributed by atoms with van der Waals surface area (Å²) in [5.74, 6) is 2.26. The molecule has 6 heterocycles. The van der Waals surface area contributed by atoms with E-state index in [-0.39, 0.29) is 0 Å². The van der Waals surface area contributed by atoms with Gasteiger partial charge in [-0.1, -0.05) is 6.42 Å². The van der Waals surface area contributed by atoms with Gasteiger partial charge in [0.05, 0.1) is 11.5 Å². The molecule has 2 bridgehead atoms. The van der Waals surface area contributed by atoms with Gasteiger partial charge in [-0.3, -0.25) is 14.9 Å². The average molecular weight is 535 g/mol. The number of aromatic nitrogens is 4. The van der Waals surface area contributed by atoms with E-state index in [1.807, 2.05) is 13.0 Å². The van der Waals surface area contributed by atoms with Crippen LogP contribution in [-0.4, -0.2) is 92.8 Å². The Morgan fingerprint density at radius 2 is 1.92 bits per heavy atom. The number of thiophene rings is 1. The molecule has 10 nitrogen and oxygen atoms in total. The molecular formula is C27H38N10S. The molecule has 0 spiro atoms. The zero-order chi connectivity index (χ0) is 26.1. The van der Waals surface area contributed by atoms with Gasteiger partial charge in [-0.25, -0.2) is 4.98 Å². The summed E-state index contributed by atoms with van der Waals surface area (Å²) < 4.78 is 0. The molecule has 3 N–H and O–H groups in total. The minimum absolute atomic E-state index is 0.339. The van der Waals surface area contributed by atoms with E-state index in [0.717, 1.165) is 79.7 Å². The second-order valence-electron chi connectivity index (χ2n) is 11.2. The number of nitriles is 1. The molecule has 3 aliphatic heterocycles. The first-order chi connectivity index (χ1) is 18.5. The number of hydrogen-bond acceptors (Lipinski definition) is 10. The molecule has 0 aromatic carbocycles. The number of rotatable bonds is 8. The van der Waals surface area contributed by atoms with Crippen molar-refractivity contribution in [3.05, 3.63) is 22.7 Å². The van der Waals surface area contributed by atoms with Gasteiger partial charge in [-0.05, 0) is 45.7 Å². The average Bonchev–Trinajstić information content (AvgIpc) is 3.49. The van der Waals surface area contributed by atoms with E-state index < -0.39 is 0 Å². The highest BCUT2D eigenvalue weighted by molar-refractivity contribution is 7.18. The normalized spacial score (nSPS) is 24.9. The summed E-state index contributed by atoms with van der Waals surface area (Å²) in [6.45, 7) is 8.25. The Morgan fingerprint density at radius 1 is 1.13 bits per heavy atom. The Balaban J connectivity index is 1.24. The number of piperidine rings is 2. The van der Waals surface area contributed by atoms with Crippen molar-refractivity contribution in [2.45, 2.75) is 70.1 Å². The Kier molecular flexibility index (Phi) is 7.48. The molecule has 38 heavy (non-hydrogen) atoms. The zero-order valence-corrected chi connectivity index (χ0v) is 23.2. The first-order valence-electron chi connectivity index (χ1n) is 13.9. The fourth-order valence-electron chi connectivity index (χ4n) is 6.36. The second-order valence-corrected chi connectivity index (χ2v) is 12.3. The lowest BCUT2D eigenvalue weighted by atomic mass is 9.81. The Labute approximate surface area is 228 Å². The summed E-state index contributed by atoms with van der Waals surface area (Å²) in [5.41, 5.74) is 1.01. The fraction of sp³-hybridized carbons (Fsp3) is 0.630. The van der Waals surface area contributed by atoms with Crippen LogP contribution >= 0.6 is 11.3 Å². The van der Waals surface area contributed by atoms with Crippen molar-refractivity contribution < 1.29 is 0 Å². The van der Waals surface area contributed by atoms with Crippen LogP contribution in [0.5, 0.6) is 0 Å². The minimum Gasteiger partial charge on any atom is -0.351 e. The van der Waals surface area contributed by atoms with Crippen molar-refractivity contribution in [1.82, 2.24) is 34.9 Å². The summed E-state index contributed by atoms with van der Waals surface area (Å²) in [4.78, 5) is 19.8. The molecule has 0 saturated carbocycles. The number of aromatic amines is 1. The van der Waals surface area contributed by atoms with E-state index in [1.54, 1.807) is 11.3 Å². The van der Waals surface area contributed by atoms with Crippen LogP contribution < -0.4 is 10.6 Å². The molecule has 3 aliphatic rings. The minimum atomic E-state index is 0.339. The predicted molar refractivity (Wildman–Crippen MR) is 152 cm³/mol. The monoisotopic (exact) mass is 534 g/mol. The predicted octanol–water partition coefficient (Wildman–Crippen LogP) is 3.92. The number of fused-ring (bicyclic) bond motifs is 3. The van der Waals surface area contributed by atoms with Gasteiger partial charge in [-0.15, -0.1) is 11.3 Å². The third-order valence-electron chi connectivity index (χ3n) is 8.31. The first-order valence-corrected chi connectivity index (χ1v) is 14.8. The molecule has 3 aromatic heterocycles. The van der Waals surface area contributed by atoms with Gasteiger partial charge in [0.2, 0.25) is 5.95 Å². The third-order valence-corrected chi connectivity index (χ3v) is 9.33. The van der Waals surface area contributed by atoms with E-state index in [2.05, 4.69) is 54.7 Å². The van der Waals surface area contributed by atoms with E-state index in [4.69, 9.17) is 15.2 Å². The van der Waals surface area contributed by atoms with Crippen LogP contribution in [0.1, 0.15) is 49.1 Å². The molecule has 0 amide bonds. The molecule has 0 unspecified atom stereocenters. The standard InChI is InChI=1S/C27H38N10S/c1-18-13-24(34-33-18)30-25-23-16-22(17-36-11-9-35(2)10-12-36)38-26(23)32-27(31-25)29-19-14-20-5-3-6-21(15-19)37(20)8-4-7-28/h13,16,19-21H,3-6,8-12,14-15,17H2,1-2H3,(H3,29,30,31,32,33,34)/t19-,20-,21+. The van der Waals surface area contributed by atoms with Crippen molar-refractivity contribution in [3.8, 4) is 6.07 Å². The number of nitrogens with one attached hydrogen (secondary N) is 3. The Morgan fingerprint density at radius 3 is 2.63 bits per heavy atom. The van der Waals surface area contributed by atoms with Crippen LogP contribution in [0.25, 0.3) is 10.2 Å². The lowest BCUT2D eigenvalue weighted by Gasteiger charge is -2.48. The maximum Gasteiger partial charge on any atom is 0.226 e. The van der Waals surface area contributed by atoms with Gasteiger partial charge in [0.25, 0.3) is 0 Å². The van der Waals surface area contributed by atoms with Crippen LogP contribution in [0.2, 0.25) is 0 Å². The van der Waals surface area contributed by atoms with E-state index in [0.29, 0.717) is 30.5 Å². The zero-order valence-electron chi connectivity index (χ0n) is 22.4. The first kappa shape index (κ1) is 25.5. The number of piperazine rings is 1. The number of anilines is 3. The number of H-pyrrole nitrogens is 1. The third kappa shape index (κ3) is 5.64. The number of aryl methyl sites for hydroxylation is 1. The fourth-order valence-corrected chi connectivity index (χ4v) is 7.43. The van der Waals surface area contributed by atoms with Crippen molar-refractivity contribution in [2.24, 2.45) is 0 Å². The largest absolute Gasteiger partial charge is 0.351 e. The van der Waals surface area contributed by atoms with Crippen LogP contribution in [0.4, 0.5) is 17.6 Å². The van der Waals surface area contributed by atoms with Crippen LogP contribution in [-0.2, 0) is 6.54 Å². The molecule has 3 saturated heterocycles. The Bertz CT molecular complexity index is 1270. The van der Waals surface area contributed by atoms with Crippen LogP contribution in [0.15, 0.2) is 12.1 Å². The van der Waals surface area contributed by atoms with Crippen molar-refractivity contribution in [2.75, 3.05) is 50.4 Å². The molecule has 6 rings (SSSR count). The topological polar surface area (TPSA) is 112 Å². The van der Waals surface area contributed by atoms with E-state index in [1.165, 1.54) is 24.1 Å². The van der Waals surface area contributed by atoms with Crippen molar-refractivity contribution in [3.63, 3.8) is 0 Å². The van der Waals surface area contributed by atoms with Gasteiger partial charge in [0.1, 0.15) is 10.6 Å². The highest BCUT2D eigenvalue weighted by Gasteiger charge is 2.38. The molecule has 3 aromatic rings. The van der Waals surface area contributed by atoms with Crippen molar-refractivity contribution >= 4 is 39.1 Å². The van der Waals surface area contributed by atoms with Gasteiger partial charge in [0.15, 0.2) is 5.82 Å².